The molecule has 2 unspecified atom stereocenters. The van der Waals surface area contributed by atoms with Crippen LogP contribution in [0.3, 0.4) is 0 Å². The van der Waals surface area contributed by atoms with Crippen molar-refractivity contribution in [2.45, 2.75) is 71.3 Å². The smallest absolute Gasteiger partial charge is 0.249 e. The zero-order chi connectivity index (χ0) is 22.0. The van der Waals surface area contributed by atoms with Gasteiger partial charge in [-0.2, -0.15) is 4.98 Å². The van der Waals surface area contributed by atoms with E-state index in [4.69, 9.17) is 4.52 Å². The lowest BCUT2D eigenvalue weighted by Gasteiger charge is -2.21. The van der Waals surface area contributed by atoms with E-state index < -0.39 is 0 Å². The minimum absolute atomic E-state index is 0.0173. The molecule has 7 heteroatoms. The van der Waals surface area contributed by atoms with Gasteiger partial charge >= 0.3 is 0 Å². The Bertz CT molecular complexity index is 917. The number of hydrogen-bond acceptors (Lipinski definition) is 5. The zero-order valence-corrected chi connectivity index (χ0v) is 18.6. The number of aromatic nitrogens is 2. The highest BCUT2D eigenvalue weighted by Gasteiger charge is 2.37. The van der Waals surface area contributed by atoms with Gasteiger partial charge in [0, 0.05) is 24.6 Å². The maximum Gasteiger partial charge on any atom is 0.249 e. The summed E-state index contributed by atoms with van der Waals surface area (Å²) in [5.41, 5.74) is 2.13. The Kier molecular flexibility index (Phi) is 6.39. The summed E-state index contributed by atoms with van der Waals surface area (Å²) in [4.78, 5) is 31.9. The van der Waals surface area contributed by atoms with Crippen LogP contribution in [-0.2, 0) is 16.0 Å². The van der Waals surface area contributed by atoms with E-state index in [1.807, 2.05) is 26.0 Å². The van der Waals surface area contributed by atoms with Gasteiger partial charge in [0.15, 0.2) is 5.82 Å². The Morgan fingerprint density at radius 3 is 2.65 bits per heavy atom. The number of amides is 2. The summed E-state index contributed by atoms with van der Waals surface area (Å²) >= 11 is 0. The topological polar surface area (TPSA) is 88.3 Å². The molecule has 7 nitrogen and oxygen atoms in total. The summed E-state index contributed by atoms with van der Waals surface area (Å²) in [6, 6.07) is 7.77. The van der Waals surface area contributed by atoms with Crippen molar-refractivity contribution in [1.82, 2.24) is 15.5 Å². The van der Waals surface area contributed by atoms with Gasteiger partial charge in [0.1, 0.15) is 6.04 Å². The molecule has 1 saturated heterocycles. The quantitative estimate of drug-likeness (QED) is 0.653. The third-order valence-corrected chi connectivity index (χ3v) is 6.19. The molecule has 1 aromatic carbocycles. The first-order chi connectivity index (χ1) is 15.0. The van der Waals surface area contributed by atoms with Crippen LogP contribution in [0.1, 0.15) is 82.1 Å². The highest BCUT2D eigenvalue weighted by atomic mass is 16.5. The first-order valence-electron chi connectivity index (χ1n) is 11.5. The number of unbranched alkanes of at least 4 members (excludes halogenated alkanes) is 1. The molecule has 2 aromatic rings. The third kappa shape index (κ3) is 4.97. The van der Waals surface area contributed by atoms with Crippen molar-refractivity contribution >= 4 is 17.5 Å². The van der Waals surface area contributed by atoms with Crippen molar-refractivity contribution < 1.29 is 14.1 Å². The highest BCUT2D eigenvalue weighted by Crippen LogP contribution is 2.38. The first-order valence-corrected chi connectivity index (χ1v) is 11.5. The van der Waals surface area contributed by atoms with Crippen molar-refractivity contribution in [2.24, 2.45) is 11.8 Å². The van der Waals surface area contributed by atoms with Crippen LogP contribution in [0.2, 0.25) is 0 Å². The van der Waals surface area contributed by atoms with E-state index in [9.17, 15) is 9.59 Å². The maximum absolute atomic E-state index is 13.0. The molecule has 1 N–H and O–H groups in total. The van der Waals surface area contributed by atoms with Crippen LogP contribution in [0.5, 0.6) is 0 Å². The summed E-state index contributed by atoms with van der Waals surface area (Å²) < 4.78 is 5.45. The van der Waals surface area contributed by atoms with Gasteiger partial charge in [0.25, 0.3) is 0 Å². The minimum Gasteiger partial charge on any atom is -0.344 e. The maximum atomic E-state index is 13.0. The van der Waals surface area contributed by atoms with Gasteiger partial charge in [-0.3, -0.25) is 9.59 Å². The van der Waals surface area contributed by atoms with E-state index in [1.165, 1.54) is 5.56 Å². The SMILES string of the molecule is CCCCc1ccc(N2CC(C(=O)NC(c3nc(C4CC4)no3)C(C)C)CC2=O)cc1. The number of carbonyl (C=O) groups is 2. The third-order valence-electron chi connectivity index (χ3n) is 6.19. The van der Waals surface area contributed by atoms with Gasteiger partial charge in [0.2, 0.25) is 17.7 Å². The molecule has 1 aromatic heterocycles. The van der Waals surface area contributed by atoms with Gasteiger partial charge in [-0.1, -0.05) is 44.5 Å². The van der Waals surface area contributed by atoms with Crippen molar-refractivity contribution in [3.8, 4) is 0 Å². The highest BCUT2D eigenvalue weighted by molar-refractivity contribution is 6.00. The second-order valence-electron chi connectivity index (χ2n) is 9.17. The van der Waals surface area contributed by atoms with Gasteiger partial charge < -0.3 is 14.7 Å². The number of nitrogens with one attached hydrogen (secondary N) is 1. The molecule has 0 radical (unpaired) electrons. The standard InChI is InChI=1S/C24H32N4O3/c1-4-5-6-16-7-11-19(12-8-16)28-14-18(13-20(28)29)23(30)25-21(15(2)3)24-26-22(27-31-24)17-9-10-17/h7-8,11-12,15,17-18,21H,4-6,9-10,13-14H2,1-3H3,(H,25,30). The van der Waals surface area contributed by atoms with E-state index in [2.05, 4.69) is 34.5 Å². The molecule has 1 aliphatic carbocycles. The number of nitrogens with zero attached hydrogens (tertiary/aromatic N) is 3. The van der Waals surface area contributed by atoms with Crippen LogP contribution in [0.25, 0.3) is 0 Å². The normalized spacial score (nSPS) is 19.8. The first kappa shape index (κ1) is 21.5. The molecular formula is C24H32N4O3. The molecule has 2 fully saturated rings. The summed E-state index contributed by atoms with van der Waals surface area (Å²) in [6.07, 6.45) is 5.76. The van der Waals surface area contributed by atoms with E-state index >= 15 is 0 Å². The molecule has 31 heavy (non-hydrogen) atoms. The molecule has 0 bridgehead atoms. The summed E-state index contributed by atoms with van der Waals surface area (Å²) in [5.74, 6) is 1.14. The average Bonchev–Trinajstić information content (AvgIpc) is 3.37. The van der Waals surface area contributed by atoms with Gasteiger partial charge in [0.05, 0.1) is 5.92 Å². The van der Waals surface area contributed by atoms with E-state index in [0.29, 0.717) is 18.4 Å². The fourth-order valence-electron chi connectivity index (χ4n) is 4.02. The molecule has 2 heterocycles. The van der Waals surface area contributed by atoms with Crippen LogP contribution in [-0.4, -0.2) is 28.5 Å². The van der Waals surface area contributed by atoms with Gasteiger partial charge in [-0.15, -0.1) is 0 Å². The predicted molar refractivity (Wildman–Crippen MR) is 118 cm³/mol. The number of hydrogen-bond donors (Lipinski definition) is 1. The van der Waals surface area contributed by atoms with E-state index in [-0.39, 0.29) is 36.1 Å². The van der Waals surface area contributed by atoms with Crippen molar-refractivity contribution in [2.75, 3.05) is 11.4 Å². The molecule has 2 aliphatic rings. The summed E-state index contributed by atoms with van der Waals surface area (Å²) in [7, 11) is 0. The van der Waals surface area contributed by atoms with E-state index in [1.54, 1.807) is 4.90 Å². The van der Waals surface area contributed by atoms with Crippen molar-refractivity contribution in [3.63, 3.8) is 0 Å². The molecule has 2 atom stereocenters. The molecular weight excluding hydrogens is 392 g/mol. The van der Waals surface area contributed by atoms with Crippen LogP contribution in [0.4, 0.5) is 5.69 Å². The average molecular weight is 425 g/mol. The number of carbonyl (C=O) groups excluding carboxylic acids is 2. The van der Waals surface area contributed by atoms with Crippen molar-refractivity contribution in [1.29, 1.82) is 0 Å². The molecule has 4 rings (SSSR count). The van der Waals surface area contributed by atoms with Crippen LogP contribution >= 0.6 is 0 Å². The second kappa shape index (κ2) is 9.20. The van der Waals surface area contributed by atoms with Crippen molar-refractivity contribution in [3.05, 3.63) is 41.5 Å². The summed E-state index contributed by atoms with van der Waals surface area (Å²) in [6.45, 7) is 6.59. The number of anilines is 1. The zero-order valence-electron chi connectivity index (χ0n) is 18.6. The second-order valence-corrected chi connectivity index (χ2v) is 9.17. The number of rotatable bonds is 9. The molecule has 2 amide bonds. The molecule has 0 spiro atoms. The molecule has 1 aliphatic heterocycles. The minimum atomic E-state index is -0.389. The Morgan fingerprint density at radius 2 is 2.00 bits per heavy atom. The fraction of sp³-hybridized carbons (Fsp3) is 0.583. The summed E-state index contributed by atoms with van der Waals surface area (Å²) in [5, 5.41) is 7.13. The largest absolute Gasteiger partial charge is 0.344 e. The van der Waals surface area contributed by atoms with Crippen LogP contribution < -0.4 is 10.2 Å². The molecule has 1 saturated carbocycles. The van der Waals surface area contributed by atoms with Crippen LogP contribution in [0.15, 0.2) is 28.8 Å². The predicted octanol–water partition coefficient (Wildman–Crippen LogP) is 4.16. The Morgan fingerprint density at radius 1 is 1.26 bits per heavy atom. The Hall–Kier alpha value is -2.70. The van der Waals surface area contributed by atoms with Crippen LogP contribution in [0, 0.1) is 11.8 Å². The van der Waals surface area contributed by atoms with E-state index in [0.717, 1.165) is 43.6 Å². The van der Waals surface area contributed by atoms with Gasteiger partial charge in [-0.05, 0) is 49.3 Å². The number of aryl methyl sites for hydroxylation is 1. The number of benzene rings is 1. The Labute approximate surface area is 183 Å². The lowest BCUT2D eigenvalue weighted by Crippen LogP contribution is -2.37. The fourth-order valence-corrected chi connectivity index (χ4v) is 4.02. The van der Waals surface area contributed by atoms with Gasteiger partial charge in [-0.25, -0.2) is 0 Å². The Balaban J connectivity index is 1.39. The monoisotopic (exact) mass is 424 g/mol. The molecule has 166 valence electrons. The lowest BCUT2D eigenvalue weighted by atomic mass is 10.0. The lowest BCUT2D eigenvalue weighted by molar-refractivity contribution is -0.127.